The molecular weight excluding hydrogens is 160 g/mol. The third-order valence-electron chi connectivity index (χ3n) is 1.98. The van der Waals surface area contributed by atoms with E-state index in [9.17, 15) is 4.79 Å². The van der Waals surface area contributed by atoms with E-state index in [1.165, 1.54) is 16.7 Å². The molecule has 0 amide bonds. The Morgan fingerprint density at radius 2 is 2.55 bits per heavy atom. The number of thioether (sulfide) groups is 1. The van der Waals surface area contributed by atoms with E-state index in [1.807, 2.05) is 6.08 Å². The quantitative estimate of drug-likeness (QED) is 0.650. The molecule has 3 heteroatoms. The summed E-state index contributed by atoms with van der Waals surface area (Å²) in [7, 11) is 0. The summed E-state index contributed by atoms with van der Waals surface area (Å²) in [6.45, 7) is 0. The molecule has 0 aromatic rings. The Kier molecular flexibility index (Phi) is 1.53. The van der Waals surface area contributed by atoms with Crippen LogP contribution < -0.4 is 0 Å². The highest BCUT2D eigenvalue weighted by molar-refractivity contribution is 8.07. The van der Waals surface area contributed by atoms with Gasteiger partial charge in [0.25, 0.3) is 0 Å². The van der Waals surface area contributed by atoms with Gasteiger partial charge in [-0.2, -0.15) is 0 Å². The average Bonchev–Trinajstić information content (AvgIpc) is 2.40. The molecule has 2 rings (SSSR count). The number of fused-ring (bicyclic) bond motifs is 1. The lowest BCUT2D eigenvalue weighted by atomic mass is 10.1. The van der Waals surface area contributed by atoms with Gasteiger partial charge < -0.3 is 5.11 Å². The lowest BCUT2D eigenvalue weighted by Crippen LogP contribution is -1.93. The molecule has 0 bridgehead atoms. The summed E-state index contributed by atoms with van der Waals surface area (Å²) >= 11 is 1.41. The summed E-state index contributed by atoms with van der Waals surface area (Å²) in [6.07, 6.45) is 6.21. The van der Waals surface area contributed by atoms with Gasteiger partial charge in [-0.05, 0) is 17.7 Å². The van der Waals surface area contributed by atoms with Crippen molar-refractivity contribution in [3.63, 3.8) is 0 Å². The number of carboxylic acids is 1. The summed E-state index contributed by atoms with van der Waals surface area (Å²) < 4.78 is 0. The first kappa shape index (κ1) is 6.98. The fourth-order valence-corrected chi connectivity index (χ4v) is 2.55. The van der Waals surface area contributed by atoms with Crippen LogP contribution in [0.5, 0.6) is 0 Å². The molecule has 0 fully saturated rings. The normalized spacial score (nSPS) is 27.8. The first-order chi connectivity index (χ1) is 5.27. The highest BCUT2D eigenvalue weighted by Gasteiger charge is 2.28. The van der Waals surface area contributed by atoms with Crippen LogP contribution in [0.15, 0.2) is 22.0 Å². The van der Waals surface area contributed by atoms with Crippen LogP contribution in [-0.2, 0) is 4.79 Å². The Hall–Kier alpha value is -0.700. The predicted octanol–water partition coefficient (Wildman–Crippen LogP) is 2.00. The highest BCUT2D eigenvalue weighted by Crippen LogP contribution is 2.45. The maximum Gasteiger partial charge on any atom is 0.342 e. The Labute approximate surface area is 69.0 Å². The standard InChI is InChI=1S/C8H8O2S/c9-8(10)7-4-5-2-1-3-6(5)11-7/h3-5H,1-2H2,(H,9,10). The van der Waals surface area contributed by atoms with E-state index in [1.54, 1.807) is 0 Å². The van der Waals surface area contributed by atoms with E-state index in [0.29, 0.717) is 10.8 Å². The summed E-state index contributed by atoms with van der Waals surface area (Å²) in [6, 6.07) is 0. The minimum Gasteiger partial charge on any atom is -0.477 e. The number of allylic oxidation sites excluding steroid dienone is 3. The largest absolute Gasteiger partial charge is 0.477 e. The van der Waals surface area contributed by atoms with Crippen LogP contribution >= 0.6 is 11.8 Å². The van der Waals surface area contributed by atoms with Gasteiger partial charge in [-0.3, -0.25) is 0 Å². The van der Waals surface area contributed by atoms with Gasteiger partial charge >= 0.3 is 5.97 Å². The van der Waals surface area contributed by atoms with Gasteiger partial charge in [0, 0.05) is 5.92 Å². The van der Waals surface area contributed by atoms with Crippen molar-refractivity contribution in [2.45, 2.75) is 12.8 Å². The van der Waals surface area contributed by atoms with E-state index in [2.05, 4.69) is 6.08 Å². The predicted molar refractivity (Wildman–Crippen MR) is 44.1 cm³/mol. The zero-order valence-electron chi connectivity index (χ0n) is 5.91. The first-order valence-electron chi connectivity index (χ1n) is 3.60. The minimum absolute atomic E-state index is 0.422. The Morgan fingerprint density at radius 1 is 1.73 bits per heavy atom. The van der Waals surface area contributed by atoms with Gasteiger partial charge in [-0.1, -0.05) is 23.9 Å². The molecule has 2 aliphatic rings. The monoisotopic (exact) mass is 168 g/mol. The van der Waals surface area contributed by atoms with Crippen molar-refractivity contribution in [3.8, 4) is 0 Å². The van der Waals surface area contributed by atoms with Gasteiger partial charge in [0.1, 0.15) is 0 Å². The van der Waals surface area contributed by atoms with Crippen LogP contribution in [0.1, 0.15) is 12.8 Å². The Balaban J connectivity index is 2.21. The summed E-state index contributed by atoms with van der Waals surface area (Å²) in [5, 5.41) is 8.65. The molecule has 0 radical (unpaired) electrons. The molecule has 1 atom stereocenters. The lowest BCUT2D eigenvalue weighted by molar-refractivity contribution is -0.131. The molecule has 1 heterocycles. The van der Waals surface area contributed by atoms with Crippen LogP contribution in [-0.4, -0.2) is 11.1 Å². The summed E-state index contributed by atoms with van der Waals surface area (Å²) in [5.41, 5.74) is 0. The maximum absolute atomic E-state index is 10.5. The lowest BCUT2D eigenvalue weighted by Gasteiger charge is -1.96. The van der Waals surface area contributed by atoms with Gasteiger partial charge in [-0.25, -0.2) is 4.79 Å². The van der Waals surface area contributed by atoms with Crippen molar-refractivity contribution in [1.82, 2.24) is 0 Å². The van der Waals surface area contributed by atoms with Crippen molar-refractivity contribution < 1.29 is 9.90 Å². The van der Waals surface area contributed by atoms with E-state index >= 15 is 0 Å². The van der Waals surface area contributed by atoms with Gasteiger partial charge in [-0.15, -0.1) is 0 Å². The van der Waals surface area contributed by atoms with Gasteiger partial charge in [0.15, 0.2) is 0 Å². The molecule has 1 unspecified atom stereocenters. The van der Waals surface area contributed by atoms with Crippen molar-refractivity contribution >= 4 is 17.7 Å². The van der Waals surface area contributed by atoms with Gasteiger partial charge in [0.05, 0.1) is 4.91 Å². The molecular formula is C8H8O2S. The molecule has 1 aliphatic carbocycles. The fraction of sp³-hybridized carbons (Fsp3) is 0.375. The van der Waals surface area contributed by atoms with Crippen molar-refractivity contribution in [2.75, 3.05) is 0 Å². The van der Waals surface area contributed by atoms with Crippen LogP contribution in [0.4, 0.5) is 0 Å². The van der Waals surface area contributed by atoms with E-state index in [-0.39, 0.29) is 0 Å². The smallest absolute Gasteiger partial charge is 0.342 e. The summed E-state index contributed by atoms with van der Waals surface area (Å²) in [4.78, 5) is 12.3. The molecule has 58 valence electrons. The molecule has 0 aromatic carbocycles. The van der Waals surface area contributed by atoms with Crippen molar-refractivity contribution in [3.05, 3.63) is 22.0 Å². The second-order valence-corrected chi connectivity index (χ2v) is 3.84. The molecule has 1 aliphatic heterocycles. The molecule has 0 saturated carbocycles. The average molecular weight is 168 g/mol. The number of hydrogen-bond acceptors (Lipinski definition) is 2. The maximum atomic E-state index is 10.5. The Morgan fingerprint density at radius 3 is 3.18 bits per heavy atom. The zero-order chi connectivity index (χ0) is 7.84. The highest BCUT2D eigenvalue weighted by atomic mass is 32.2. The van der Waals surface area contributed by atoms with Gasteiger partial charge in [0.2, 0.25) is 0 Å². The van der Waals surface area contributed by atoms with Crippen LogP contribution in [0.3, 0.4) is 0 Å². The van der Waals surface area contributed by atoms with E-state index < -0.39 is 5.97 Å². The third kappa shape index (κ3) is 1.09. The zero-order valence-corrected chi connectivity index (χ0v) is 6.73. The summed E-state index contributed by atoms with van der Waals surface area (Å²) in [5.74, 6) is -0.364. The molecule has 0 aromatic heterocycles. The molecule has 1 N–H and O–H groups in total. The molecule has 0 spiro atoms. The number of aliphatic carboxylic acids is 1. The van der Waals surface area contributed by atoms with Crippen LogP contribution in [0.2, 0.25) is 0 Å². The first-order valence-corrected chi connectivity index (χ1v) is 4.42. The number of carboxylic acid groups (broad SMARTS) is 1. The fourth-order valence-electron chi connectivity index (χ4n) is 1.44. The molecule has 11 heavy (non-hydrogen) atoms. The van der Waals surface area contributed by atoms with E-state index in [4.69, 9.17) is 5.11 Å². The molecule has 2 nitrogen and oxygen atoms in total. The number of rotatable bonds is 1. The topological polar surface area (TPSA) is 37.3 Å². The number of hydrogen-bond donors (Lipinski definition) is 1. The van der Waals surface area contributed by atoms with E-state index in [0.717, 1.165) is 12.8 Å². The minimum atomic E-state index is -0.787. The third-order valence-corrected chi connectivity index (χ3v) is 3.22. The van der Waals surface area contributed by atoms with Crippen LogP contribution in [0, 0.1) is 5.92 Å². The SMILES string of the molecule is O=C(O)C1=CC2CCC=C2S1. The number of carbonyl (C=O) groups is 1. The second kappa shape index (κ2) is 2.41. The van der Waals surface area contributed by atoms with Crippen molar-refractivity contribution in [1.29, 1.82) is 0 Å². The molecule has 0 saturated heterocycles. The second-order valence-electron chi connectivity index (χ2n) is 2.73. The van der Waals surface area contributed by atoms with Crippen LogP contribution in [0.25, 0.3) is 0 Å². The van der Waals surface area contributed by atoms with Crippen molar-refractivity contribution in [2.24, 2.45) is 5.92 Å². The Bertz CT molecular complexity index is 265.